The maximum absolute atomic E-state index is 5.92. The van der Waals surface area contributed by atoms with Crippen molar-refractivity contribution >= 4 is 17.4 Å². The predicted octanol–water partition coefficient (Wildman–Crippen LogP) is 3.54. The first kappa shape index (κ1) is 11.5. The zero-order valence-electron chi connectivity index (χ0n) is 10.2. The summed E-state index contributed by atoms with van der Waals surface area (Å²) in [5, 5.41) is 12.5. The summed E-state index contributed by atoms with van der Waals surface area (Å²) >= 11 is 5.92. The Balaban J connectivity index is 1.83. The molecule has 18 heavy (non-hydrogen) atoms. The van der Waals surface area contributed by atoms with E-state index in [2.05, 4.69) is 27.6 Å². The van der Waals surface area contributed by atoms with Crippen molar-refractivity contribution in [3.63, 3.8) is 0 Å². The van der Waals surface area contributed by atoms with Gasteiger partial charge in [-0.15, -0.1) is 5.10 Å². The van der Waals surface area contributed by atoms with E-state index >= 15 is 0 Å². The number of halogens is 1. The molecule has 0 aliphatic heterocycles. The van der Waals surface area contributed by atoms with Crippen LogP contribution < -0.4 is 5.32 Å². The Morgan fingerprint density at radius 3 is 2.33 bits per heavy atom. The minimum atomic E-state index is 0.0223. The van der Waals surface area contributed by atoms with Gasteiger partial charge in [0.15, 0.2) is 0 Å². The Kier molecular flexibility index (Phi) is 2.71. The number of hydrogen-bond donors (Lipinski definition) is 1. The fraction of sp³-hybridized carbons (Fsp3) is 0.286. The second kappa shape index (κ2) is 4.25. The van der Waals surface area contributed by atoms with Gasteiger partial charge in [-0.05, 0) is 49.6 Å². The first-order chi connectivity index (χ1) is 8.68. The minimum Gasteiger partial charge on any atom is -0.359 e. The highest BCUT2D eigenvalue weighted by Crippen LogP contribution is 2.48. The summed E-state index contributed by atoms with van der Waals surface area (Å²) in [6.45, 7) is 1.93. The Morgan fingerprint density at radius 1 is 1.06 bits per heavy atom. The summed E-state index contributed by atoms with van der Waals surface area (Å²) in [7, 11) is 0. The summed E-state index contributed by atoms with van der Waals surface area (Å²) < 4.78 is 0. The van der Waals surface area contributed by atoms with Crippen molar-refractivity contribution in [2.24, 2.45) is 0 Å². The number of nitrogens with zero attached hydrogens (tertiary/aromatic N) is 2. The Morgan fingerprint density at radius 2 is 1.78 bits per heavy atom. The van der Waals surface area contributed by atoms with E-state index in [-0.39, 0.29) is 5.54 Å². The third-order valence-electron chi connectivity index (χ3n) is 3.31. The smallest absolute Gasteiger partial charge is 0.149 e. The molecule has 0 spiro atoms. The third kappa shape index (κ3) is 2.18. The summed E-state index contributed by atoms with van der Waals surface area (Å²) in [4.78, 5) is 0. The van der Waals surface area contributed by atoms with E-state index in [1.165, 1.54) is 5.56 Å². The van der Waals surface area contributed by atoms with Crippen LogP contribution in [0.3, 0.4) is 0 Å². The van der Waals surface area contributed by atoms with Gasteiger partial charge in [0.25, 0.3) is 0 Å². The standard InChI is InChI=1S/C14H14ClN3/c1-10-2-7-13(18-17-10)16-14(8-9-14)11-3-5-12(15)6-4-11/h2-7H,8-9H2,1H3,(H,16,18). The number of hydrogen-bond acceptors (Lipinski definition) is 3. The van der Waals surface area contributed by atoms with Crippen molar-refractivity contribution in [3.05, 3.63) is 52.7 Å². The lowest BCUT2D eigenvalue weighted by molar-refractivity contribution is 0.790. The molecule has 92 valence electrons. The molecule has 1 aliphatic carbocycles. The summed E-state index contributed by atoms with van der Waals surface area (Å²) in [5.74, 6) is 0.827. The number of benzene rings is 1. The van der Waals surface area contributed by atoms with Crippen molar-refractivity contribution in [1.82, 2.24) is 10.2 Å². The normalized spacial score (nSPS) is 16.3. The van der Waals surface area contributed by atoms with Crippen molar-refractivity contribution in [2.75, 3.05) is 5.32 Å². The van der Waals surface area contributed by atoms with Crippen molar-refractivity contribution < 1.29 is 0 Å². The van der Waals surface area contributed by atoms with Crippen LogP contribution in [0.5, 0.6) is 0 Å². The van der Waals surface area contributed by atoms with Gasteiger partial charge < -0.3 is 5.32 Å². The van der Waals surface area contributed by atoms with Crippen molar-refractivity contribution in [1.29, 1.82) is 0 Å². The Hall–Kier alpha value is -1.61. The van der Waals surface area contributed by atoms with E-state index in [1.54, 1.807) is 0 Å². The molecule has 1 aliphatic rings. The lowest BCUT2D eigenvalue weighted by Gasteiger charge is -2.18. The molecule has 0 radical (unpaired) electrons. The van der Waals surface area contributed by atoms with Crippen LogP contribution in [0.1, 0.15) is 24.1 Å². The molecule has 1 saturated carbocycles. The Labute approximate surface area is 111 Å². The third-order valence-corrected chi connectivity index (χ3v) is 3.56. The van der Waals surface area contributed by atoms with Gasteiger partial charge >= 0.3 is 0 Å². The molecule has 2 aromatic rings. The molecule has 0 amide bonds. The van der Waals surface area contributed by atoms with Gasteiger partial charge in [0.2, 0.25) is 0 Å². The highest BCUT2D eigenvalue weighted by molar-refractivity contribution is 6.30. The van der Waals surface area contributed by atoms with Gasteiger partial charge in [-0.1, -0.05) is 23.7 Å². The van der Waals surface area contributed by atoms with Gasteiger partial charge in [0, 0.05) is 5.02 Å². The quantitative estimate of drug-likeness (QED) is 0.916. The predicted molar refractivity (Wildman–Crippen MR) is 72.8 cm³/mol. The molecule has 0 unspecified atom stereocenters. The van der Waals surface area contributed by atoms with E-state index in [9.17, 15) is 0 Å². The second-order valence-electron chi connectivity index (χ2n) is 4.77. The van der Waals surface area contributed by atoms with E-state index in [0.717, 1.165) is 29.4 Å². The monoisotopic (exact) mass is 259 g/mol. The van der Waals surface area contributed by atoms with Crippen LogP contribution in [0, 0.1) is 6.92 Å². The molecular formula is C14H14ClN3. The average molecular weight is 260 g/mol. The topological polar surface area (TPSA) is 37.8 Å². The number of nitrogens with one attached hydrogen (secondary N) is 1. The fourth-order valence-corrected chi connectivity index (χ4v) is 2.22. The van der Waals surface area contributed by atoms with E-state index in [1.807, 2.05) is 31.2 Å². The summed E-state index contributed by atoms with van der Waals surface area (Å²) in [5.41, 5.74) is 2.21. The lowest BCUT2D eigenvalue weighted by atomic mass is 10.1. The largest absolute Gasteiger partial charge is 0.359 e. The van der Waals surface area contributed by atoms with E-state index in [0.29, 0.717) is 0 Å². The lowest BCUT2D eigenvalue weighted by Crippen LogP contribution is -2.19. The Bertz CT molecular complexity index is 544. The van der Waals surface area contributed by atoms with E-state index in [4.69, 9.17) is 11.6 Å². The van der Waals surface area contributed by atoms with Crippen LogP contribution >= 0.6 is 11.6 Å². The molecule has 1 fully saturated rings. The first-order valence-corrected chi connectivity index (χ1v) is 6.40. The maximum Gasteiger partial charge on any atom is 0.149 e. The molecular weight excluding hydrogens is 246 g/mol. The van der Waals surface area contributed by atoms with Crippen LogP contribution in [-0.4, -0.2) is 10.2 Å². The van der Waals surface area contributed by atoms with Crippen molar-refractivity contribution in [3.8, 4) is 0 Å². The van der Waals surface area contributed by atoms with Crippen LogP contribution in [0.25, 0.3) is 0 Å². The second-order valence-corrected chi connectivity index (χ2v) is 5.21. The molecule has 0 saturated heterocycles. The maximum atomic E-state index is 5.92. The molecule has 0 bridgehead atoms. The summed E-state index contributed by atoms with van der Waals surface area (Å²) in [6.07, 6.45) is 2.23. The number of aromatic nitrogens is 2. The van der Waals surface area contributed by atoms with Gasteiger partial charge in [-0.3, -0.25) is 0 Å². The zero-order valence-corrected chi connectivity index (χ0v) is 10.9. The number of aryl methyl sites for hydroxylation is 1. The molecule has 1 aromatic carbocycles. The van der Waals surface area contributed by atoms with Crippen LogP contribution in [-0.2, 0) is 5.54 Å². The number of rotatable bonds is 3. The fourth-order valence-electron chi connectivity index (χ4n) is 2.09. The molecule has 1 aromatic heterocycles. The molecule has 0 atom stereocenters. The molecule has 3 rings (SSSR count). The van der Waals surface area contributed by atoms with Gasteiger partial charge in [-0.25, -0.2) is 0 Å². The SMILES string of the molecule is Cc1ccc(NC2(c3ccc(Cl)cc3)CC2)nn1. The van der Waals surface area contributed by atoms with Gasteiger partial charge in [-0.2, -0.15) is 5.10 Å². The van der Waals surface area contributed by atoms with Crippen LogP contribution in [0.4, 0.5) is 5.82 Å². The summed E-state index contributed by atoms with van der Waals surface area (Å²) in [6, 6.07) is 11.9. The first-order valence-electron chi connectivity index (χ1n) is 6.03. The van der Waals surface area contributed by atoms with Gasteiger partial charge in [0.05, 0.1) is 11.2 Å². The molecule has 4 heteroatoms. The number of anilines is 1. The van der Waals surface area contributed by atoms with E-state index < -0.39 is 0 Å². The minimum absolute atomic E-state index is 0.0223. The van der Waals surface area contributed by atoms with Gasteiger partial charge in [0.1, 0.15) is 5.82 Å². The highest BCUT2D eigenvalue weighted by atomic mass is 35.5. The molecule has 1 heterocycles. The highest BCUT2D eigenvalue weighted by Gasteiger charge is 2.44. The molecule has 1 N–H and O–H groups in total. The van der Waals surface area contributed by atoms with Crippen LogP contribution in [0.2, 0.25) is 5.02 Å². The average Bonchev–Trinajstić information content (AvgIpc) is 3.14. The zero-order chi connectivity index (χ0) is 12.6. The van der Waals surface area contributed by atoms with Crippen molar-refractivity contribution in [2.45, 2.75) is 25.3 Å². The van der Waals surface area contributed by atoms with Crippen LogP contribution in [0.15, 0.2) is 36.4 Å². The molecule has 3 nitrogen and oxygen atoms in total.